The van der Waals surface area contributed by atoms with Gasteiger partial charge in [-0.15, -0.1) is 0 Å². The molecule has 0 fully saturated rings. The van der Waals surface area contributed by atoms with Gasteiger partial charge in [-0.25, -0.2) is 0 Å². The van der Waals surface area contributed by atoms with Crippen LogP contribution in [0.3, 0.4) is 0 Å². The zero-order valence-electron chi connectivity index (χ0n) is 11.0. The van der Waals surface area contributed by atoms with Crippen LogP contribution in [-0.4, -0.2) is 25.8 Å². The maximum absolute atomic E-state index is 11.9. The molecule has 0 heterocycles. The number of carbonyl (C=O) groups excluding carboxylic acids is 2. The van der Waals surface area contributed by atoms with Crippen LogP contribution in [0.2, 0.25) is 0 Å². The number of rotatable bonds is 6. The highest BCUT2D eigenvalue weighted by molar-refractivity contribution is 5.97. The van der Waals surface area contributed by atoms with Gasteiger partial charge in [0.15, 0.2) is 23.9 Å². The van der Waals surface area contributed by atoms with Gasteiger partial charge in [0.05, 0.1) is 7.11 Å². The summed E-state index contributed by atoms with van der Waals surface area (Å²) >= 11 is 0. The van der Waals surface area contributed by atoms with E-state index >= 15 is 0 Å². The molecule has 20 heavy (non-hydrogen) atoms. The lowest BCUT2D eigenvalue weighted by Gasteiger charge is -2.10. The molecular formula is C16H14O4. The zero-order chi connectivity index (χ0) is 14.4. The van der Waals surface area contributed by atoms with Crippen molar-refractivity contribution in [3.63, 3.8) is 0 Å². The van der Waals surface area contributed by atoms with Crippen molar-refractivity contribution in [2.45, 2.75) is 0 Å². The van der Waals surface area contributed by atoms with Crippen LogP contribution in [-0.2, 0) is 0 Å². The van der Waals surface area contributed by atoms with Gasteiger partial charge in [0.25, 0.3) is 0 Å². The Labute approximate surface area is 116 Å². The normalized spacial score (nSPS) is 9.85. The number of hydrogen-bond acceptors (Lipinski definition) is 4. The summed E-state index contributed by atoms with van der Waals surface area (Å²) in [5.41, 5.74) is 1.08. The monoisotopic (exact) mass is 270 g/mol. The van der Waals surface area contributed by atoms with Crippen molar-refractivity contribution in [1.82, 2.24) is 0 Å². The van der Waals surface area contributed by atoms with Crippen molar-refractivity contribution in [2.24, 2.45) is 0 Å². The first-order valence-corrected chi connectivity index (χ1v) is 6.09. The predicted molar refractivity (Wildman–Crippen MR) is 74.6 cm³/mol. The van der Waals surface area contributed by atoms with E-state index in [4.69, 9.17) is 9.47 Å². The van der Waals surface area contributed by atoms with Crippen LogP contribution in [0.5, 0.6) is 11.5 Å². The third-order valence-electron chi connectivity index (χ3n) is 2.78. The van der Waals surface area contributed by atoms with Gasteiger partial charge in [-0.3, -0.25) is 9.59 Å². The Morgan fingerprint density at radius 3 is 2.50 bits per heavy atom. The molecule has 102 valence electrons. The summed E-state index contributed by atoms with van der Waals surface area (Å²) in [4.78, 5) is 22.6. The SMILES string of the molecule is COc1cc(C=O)ccc1OCC(=O)c1ccccc1. The first-order valence-electron chi connectivity index (χ1n) is 6.09. The summed E-state index contributed by atoms with van der Waals surface area (Å²) in [7, 11) is 1.48. The van der Waals surface area contributed by atoms with Crippen LogP contribution in [0.25, 0.3) is 0 Å². The average molecular weight is 270 g/mol. The number of aldehydes is 1. The molecule has 0 aliphatic rings. The lowest BCUT2D eigenvalue weighted by atomic mass is 10.1. The number of Topliss-reactive ketones (excluding diaryl/α,β-unsaturated/α-hetero) is 1. The van der Waals surface area contributed by atoms with E-state index in [1.807, 2.05) is 6.07 Å². The highest BCUT2D eigenvalue weighted by atomic mass is 16.5. The molecular weight excluding hydrogens is 256 g/mol. The van der Waals surface area contributed by atoms with Crippen LogP contribution < -0.4 is 9.47 Å². The summed E-state index contributed by atoms with van der Waals surface area (Å²) in [6, 6.07) is 13.7. The van der Waals surface area contributed by atoms with E-state index in [1.165, 1.54) is 7.11 Å². The first kappa shape index (κ1) is 13.8. The Balaban J connectivity index is 2.07. The van der Waals surface area contributed by atoms with Crippen LogP contribution >= 0.6 is 0 Å². The van der Waals surface area contributed by atoms with Gasteiger partial charge in [-0.1, -0.05) is 30.3 Å². The summed E-state index contributed by atoms with van der Waals surface area (Å²) in [6.07, 6.45) is 0.724. The maximum Gasteiger partial charge on any atom is 0.200 e. The molecule has 2 aromatic carbocycles. The van der Waals surface area contributed by atoms with Gasteiger partial charge < -0.3 is 9.47 Å². The van der Waals surface area contributed by atoms with Crippen LogP contribution in [0.1, 0.15) is 20.7 Å². The minimum Gasteiger partial charge on any atom is -0.493 e. The number of methoxy groups -OCH3 is 1. The van der Waals surface area contributed by atoms with Gasteiger partial charge >= 0.3 is 0 Å². The molecule has 0 radical (unpaired) electrons. The minimum absolute atomic E-state index is 0.0825. The molecule has 0 saturated carbocycles. The average Bonchev–Trinajstić information content (AvgIpc) is 2.53. The van der Waals surface area contributed by atoms with Gasteiger partial charge in [0, 0.05) is 11.1 Å². The summed E-state index contributed by atoms with van der Waals surface area (Å²) in [5.74, 6) is 0.741. The molecule has 4 nitrogen and oxygen atoms in total. The molecule has 0 aliphatic heterocycles. The lowest BCUT2D eigenvalue weighted by Crippen LogP contribution is -2.11. The maximum atomic E-state index is 11.9. The smallest absolute Gasteiger partial charge is 0.200 e. The number of benzene rings is 2. The van der Waals surface area contributed by atoms with Gasteiger partial charge in [-0.2, -0.15) is 0 Å². The molecule has 2 rings (SSSR count). The molecule has 0 amide bonds. The van der Waals surface area contributed by atoms with Gasteiger partial charge in [-0.05, 0) is 18.2 Å². The number of hydrogen-bond donors (Lipinski definition) is 0. The van der Waals surface area contributed by atoms with E-state index in [2.05, 4.69) is 0 Å². The van der Waals surface area contributed by atoms with E-state index in [0.29, 0.717) is 22.6 Å². The first-order chi connectivity index (χ1) is 9.74. The number of ketones is 1. The van der Waals surface area contributed by atoms with Crippen molar-refractivity contribution in [3.8, 4) is 11.5 Å². The van der Waals surface area contributed by atoms with Crippen molar-refractivity contribution in [1.29, 1.82) is 0 Å². The van der Waals surface area contributed by atoms with Crippen molar-refractivity contribution in [3.05, 3.63) is 59.7 Å². The third-order valence-corrected chi connectivity index (χ3v) is 2.78. The topological polar surface area (TPSA) is 52.6 Å². The summed E-state index contributed by atoms with van der Waals surface area (Å²) < 4.78 is 10.6. The molecule has 0 atom stereocenters. The summed E-state index contributed by atoms with van der Waals surface area (Å²) in [5, 5.41) is 0. The highest BCUT2D eigenvalue weighted by Gasteiger charge is 2.09. The van der Waals surface area contributed by atoms with E-state index in [9.17, 15) is 9.59 Å². The Morgan fingerprint density at radius 2 is 1.85 bits per heavy atom. The number of carbonyl (C=O) groups is 2. The Bertz CT molecular complexity index is 605. The lowest BCUT2D eigenvalue weighted by molar-refractivity contribution is 0.0919. The van der Waals surface area contributed by atoms with Crippen LogP contribution in [0, 0.1) is 0 Å². The molecule has 4 heteroatoms. The van der Waals surface area contributed by atoms with Crippen molar-refractivity contribution < 1.29 is 19.1 Å². The molecule has 0 unspecified atom stereocenters. The molecule has 0 saturated heterocycles. The molecule has 2 aromatic rings. The second-order valence-electron chi connectivity index (χ2n) is 4.11. The number of ether oxygens (including phenoxy) is 2. The van der Waals surface area contributed by atoms with Crippen LogP contribution in [0.15, 0.2) is 48.5 Å². The van der Waals surface area contributed by atoms with Gasteiger partial charge in [0.2, 0.25) is 0 Å². The Morgan fingerprint density at radius 1 is 1.10 bits per heavy atom. The summed E-state index contributed by atoms with van der Waals surface area (Å²) in [6.45, 7) is -0.0825. The van der Waals surface area contributed by atoms with Crippen molar-refractivity contribution in [2.75, 3.05) is 13.7 Å². The molecule has 0 spiro atoms. The van der Waals surface area contributed by atoms with E-state index < -0.39 is 0 Å². The quantitative estimate of drug-likeness (QED) is 0.598. The standard InChI is InChI=1S/C16H14O4/c1-19-16-9-12(10-17)7-8-15(16)20-11-14(18)13-5-3-2-4-6-13/h2-10H,11H2,1H3. The fourth-order valence-electron chi connectivity index (χ4n) is 1.73. The molecule has 0 N–H and O–H groups in total. The van der Waals surface area contributed by atoms with Gasteiger partial charge in [0.1, 0.15) is 6.29 Å². The Kier molecular flexibility index (Phi) is 4.50. The van der Waals surface area contributed by atoms with Crippen LogP contribution in [0.4, 0.5) is 0 Å². The Hall–Kier alpha value is -2.62. The minimum atomic E-state index is -0.118. The second kappa shape index (κ2) is 6.52. The fourth-order valence-corrected chi connectivity index (χ4v) is 1.73. The van der Waals surface area contributed by atoms with E-state index in [-0.39, 0.29) is 12.4 Å². The zero-order valence-corrected chi connectivity index (χ0v) is 11.0. The highest BCUT2D eigenvalue weighted by Crippen LogP contribution is 2.27. The molecule has 0 aromatic heterocycles. The van der Waals surface area contributed by atoms with Crippen molar-refractivity contribution >= 4 is 12.1 Å². The fraction of sp³-hybridized carbons (Fsp3) is 0.125. The van der Waals surface area contributed by atoms with E-state index in [0.717, 1.165) is 6.29 Å². The second-order valence-corrected chi connectivity index (χ2v) is 4.11. The third kappa shape index (κ3) is 3.23. The van der Waals surface area contributed by atoms with E-state index in [1.54, 1.807) is 42.5 Å². The largest absolute Gasteiger partial charge is 0.493 e. The molecule has 0 bridgehead atoms. The molecule has 0 aliphatic carbocycles. The predicted octanol–water partition coefficient (Wildman–Crippen LogP) is 2.77.